The third kappa shape index (κ3) is 4.39. The predicted octanol–water partition coefficient (Wildman–Crippen LogP) is 4.45. The lowest BCUT2D eigenvalue weighted by Gasteiger charge is -2.09. The first-order valence-electron chi connectivity index (χ1n) is 8.26. The Labute approximate surface area is 152 Å². The fraction of sp³-hybridized carbons (Fsp3) is 0.368. The van der Waals surface area contributed by atoms with E-state index in [0.717, 1.165) is 16.9 Å². The minimum atomic E-state index is -0.434. The van der Waals surface area contributed by atoms with Crippen LogP contribution in [-0.2, 0) is 11.2 Å². The van der Waals surface area contributed by atoms with E-state index in [9.17, 15) is 9.59 Å². The van der Waals surface area contributed by atoms with Crippen LogP contribution in [0.1, 0.15) is 51.4 Å². The molecule has 0 aliphatic heterocycles. The van der Waals surface area contributed by atoms with Crippen molar-refractivity contribution < 1.29 is 19.1 Å². The molecule has 5 nitrogen and oxygen atoms in total. The van der Waals surface area contributed by atoms with Crippen LogP contribution in [0.15, 0.2) is 24.3 Å². The normalized spacial score (nSPS) is 10.4. The minimum absolute atomic E-state index is 0.281. The first kappa shape index (κ1) is 19.0. The first-order valence-corrected chi connectivity index (χ1v) is 9.08. The zero-order chi connectivity index (χ0) is 18.4. The Balaban J connectivity index is 2.27. The average molecular weight is 361 g/mol. The lowest BCUT2D eigenvalue weighted by Crippen LogP contribution is -2.14. The molecule has 0 radical (unpaired) electrons. The lowest BCUT2D eigenvalue weighted by molar-refractivity contribution is 0.0601. The number of aryl methyl sites for hydroxylation is 1. The zero-order valence-electron chi connectivity index (χ0n) is 15.0. The number of thiophene rings is 1. The van der Waals surface area contributed by atoms with Gasteiger partial charge in [0.1, 0.15) is 10.8 Å². The number of hydrogen-bond donors (Lipinski definition) is 1. The second kappa shape index (κ2) is 8.67. The molecule has 0 aliphatic rings. The molecule has 1 amide bonds. The van der Waals surface area contributed by atoms with Gasteiger partial charge in [-0.05, 0) is 43.5 Å². The molecule has 0 fully saturated rings. The van der Waals surface area contributed by atoms with Crippen molar-refractivity contribution in [1.82, 2.24) is 0 Å². The number of amides is 1. The molecule has 2 rings (SSSR count). The highest BCUT2D eigenvalue weighted by atomic mass is 32.1. The number of benzene rings is 1. The minimum Gasteiger partial charge on any atom is -0.494 e. The molecule has 0 unspecified atom stereocenters. The van der Waals surface area contributed by atoms with E-state index in [4.69, 9.17) is 9.47 Å². The van der Waals surface area contributed by atoms with Gasteiger partial charge in [0.15, 0.2) is 0 Å². The summed E-state index contributed by atoms with van der Waals surface area (Å²) in [7, 11) is 1.34. The summed E-state index contributed by atoms with van der Waals surface area (Å²) in [5.74, 6) is -0.0631. The molecule has 25 heavy (non-hydrogen) atoms. The maximum Gasteiger partial charge on any atom is 0.341 e. The smallest absolute Gasteiger partial charge is 0.341 e. The number of nitrogens with one attached hydrogen (secondary N) is 1. The highest BCUT2D eigenvalue weighted by Crippen LogP contribution is 2.34. The van der Waals surface area contributed by atoms with Crippen LogP contribution in [0.4, 0.5) is 5.00 Å². The molecule has 0 saturated heterocycles. The van der Waals surface area contributed by atoms with Crippen LogP contribution in [0.2, 0.25) is 0 Å². The molecule has 0 spiro atoms. The molecule has 0 atom stereocenters. The Bertz CT molecular complexity index is 767. The van der Waals surface area contributed by atoms with Crippen LogP contribution in [0.5, 0.6) is 5.75 Å². The van der Waals surface area contributed by atoms with E-state index in [1.807, 2.05) is 26.8 Å². The van der Waals surface area contributed by atoms with Crippen molar-refractivity contribution in [1.29, 1.82) is 0 Å². The van der Waals surface area contributed by atoms with Gasteiger partial charge in [-0.15, -0.1) is 11.3 Å². The lowest BCUT2D eigenvalue weighted by atomic mass is 10.1. The van der Waals surface area contributed by atoms with Crippen molar-refractivity contribution in [3.05, 3.63) is 45.8 Å². The molecule has 2 aromatic rings. The summed E-state index contributed by atoms with van der Waals surface area (Å²) in [5, 5.41) is 3.36. The Morgan fingerprint density at radius 1 is 1.24 bits per heavy atom. The summed E-state index contributed by atoms with van der Waals surface area (Å²) in [5.41, 5.74) is 1.83. The second-order valence-electron chi connectivity index (χ2n) is 5.52. The summed E-state index contributed by atoms with van der Waals surface area (Å²) < 4.78 is 10.4. The molecule has 0 aliphatic carbocycles. The number of carbonyl (C=O) groups excluding carboxylic acids is 2. The summed E-state index contributed by atoms with van der Waals surface area (Å²) in [6.45, 7) is 6.53. The number of hydrogen-bond acceptors (Lipinski definition) is 5. The number of ether oxygens (including phenoxy) is 2. The van der Waals surface area contributed by atoms with Gasteiger partial charge >= 0.3 is 5.97 Å². The third-order valence-electron chi connectivity index (χ3n) is 3.75. The topological polar surface area (TPSA) is 64.6 Å². The van der Waals surface area contributed by atoms with Gasteiger partial charge in [-0.1, -0.05) is 19.9 Å². The number of rotatable bonds is 7. The summed E-state index contributed by atoms with van der Waals surface area (Å²) >= 11 is 1.39. The van der Waals surface area contributed by atoms with Crippen molar-refractivity contribution in [2.75, 3.05) is 19.0 Å². The highest BCUT2D eigenvalue weighted by Gasteiger charge is 2.23. The van der Waals surface area contributed by atoms with Crippen molar-refractivity contribution >= 4 is 28.2 Å². The van der Waals surface area contributed by atoms with E-state index in [0.29, 0.717) is 34.9 Å². The number of carbonyl (C=O) groups is 2. The Morgan fingerprint density at radius 2 is 2.00 bits per heavy atom. The monoisotopic (exact) mass is 361 g/mol. The summed E-state index contributed by atoms with van der Waals surface area (Å²) in [6, 6.07) is 7.01. The van der Waals surface area contributed by atoms with E-state index in [1.165, 1.54) is 18.4 Å². The van der Waals surface area contributed by atoms with Crippen LogP contribution >= 0.6 is 11.3 Å². The Hall–Kier alpha value is -2.34. The molecular weight excluding hydrogens is 338 g/mol. The van der Waals surface area contributed by atoms with Gasteiger partial charge in [0.05, 0.1) is 19.3 Å². The van der Waals surface area contributed by atoms with Crippen molar-refractivity contribution in [3.63, 3.8) is 0 Å². The zero-order valence-corrected chi connectivity index (χ0v) is 15.8. The first-order chi connectivity index (χ1) is 12.0. The Morgan fingerprint density at radius 3 is 2.64 bits per heavy atom. The molecule has 1 aromatic carbocycles. The molecule has 1 heterocycles. The molecular formula is C19H23NO4S. The largest absolute Gasteiger partial charge is 0.494 e. The number of anilines is 1. The van der Waals surface area contributed by atoms with Crippen LogP contribution in [0, 0.1) is 6.92 Å². The molecule has 1 aromatic heterocycles. The second-order valence-corrected chi connectivity index (χ2v) is 6.74. The van der Waals surface area contributed by atoms with E-state index >= 15 is 0 Å². The summed E-state index contributed by atoms with van der Waals surface area (Å²) in [6.07, 6.45) is 1.59. The van der Waals surface area contributed by atoms with Gasteiger partial charge < -0.3 is 14.8 Å². The maximum atomic E-state index is 12.6. The fourth-order valence-electron chi connectivity index (χ4n) is 2.53. The van der Waals surface area contributed by atoms with Gasteiger partial charge in [-0.2, -0.15) is 0 Å². The van der Waals surface area contributed by atoms with Crippen LogP contribution < -0.4 is 10.1 Å². The van der Waals surface area contributed by atoms with Gasteiger partial charge in [0.25, 0.3) is 5.91 Å². The van der Waals surface area contributed by atoms with Crippen molar-refractivity contribution in [2.24, 2.45) is 0 Å². The van der Waals surface area contributed by atoms with E-state index in [-0.39, 0.29) is 5.91 Å². The maximum absolute atomic E-state index is 12.6. The van der Waals surface area contributed by atoms with Gasteiger partial charge in [-0.3, -0.25) is 4.79 Å². The van der Waals surface area contributed by atoms with Crippen molar-refractivity contribution in [3.8, 4) is 5.75 Å². The standard InChI is InChI=1S/C19H23NO4S/c1-5-10-24-14-9-7-8-13(11-14)17(21)20-18-16(19(22)23-4)15(6-2)12(3)25-18/h7-9,11H,5-6,10H2,1-4H3,(H,20,21). The van der Waals surface area contributed by atoms with Gasteiger partial charge in [-0.25, -0.2) is 4.79 Å². The predicted molar refractivity (Wildman–Crippen MR) is 100.0 cm³/mol. The third-order valence-corrected chi connectivity index (χ3v) is 4.81. The molecule has 1 N–H and O–H groups in total. The quantitative estimate of drug-likeness (QED) is 0.740. The average Bonchev–Trinajstić information content (AvgIpc) is 2.94. The van der Waals surface area contributed by atoms with Gasteiger partial charge in [0, 0.05) is 10.4 Å². The Kier molecular flexibility index (Phi) is 6.58. The van der Waals surface area contributed by atoms with E-state index in [2.05, 4.69) is 5.32 Å². The molecule has 0 bridgehead atoms. The van der Waals surface area contributed by atoms with Crippen LogP contribution in [-0.4, -0.2) is 25.6 Å². The van der Waals surface area contributed by atoms with Crippen LogP contribution in [0.25, 0.3) is 0 Å². The van der Waals surface area contributed by atoms with Gasteiger partial charge in [0.2, 0.25) is 0 Å². The molecule has 0 saturated carbocycles. The van der Waals surface area contributed by atoms with Crippen molar-refractivity contribution in [2.45, 2.75) is 33.6 Å². The van der Waals surface area contributed by atoms with Crippen LogP contribution in [0.3, 0.4) is 0 Å². The summed E-state index contributed by atoms with van der Waals surface area (Å²) in [4.78, 5) is 25.7. The number of esters is 1. The molecule has 134 valence electrons. The highest BCUT2D eigenvalue weighted by molar-refractivity contribution is 7.16. The number of methoxy groups -OCH3 is 1. The fourth-order valence-corrected chi connectivity index (χ4v) is 3.66. The molecule has 6 heteroatoms. The van der Waals surface area contributed by atoms with E-state index in [1.54, 1.807) is 18.2 Å². The van der Waals surface area contributed by atoms with E-state index < -0.39 is 5.97 Å². The SMILES string of the molecule is CCCOc1cccc(C(=O)Nc2sc(C)c(CC)c2C(=O)OC)c1.